The molecule has 0 saturated carbocycles. The molecule has 44 heavy (non-hydrogen) atoms. The number of carbonyl (C=O) groups is 6. The van der Waals surface area contributed by atoms with Gasteiger partial charge < -0.3 is 48.3 Å². The highest BCUT2D eigenvalue weighted by Crippen LogP contribution is 2.13. The van der Waals surface area contributed by atoms with Crippen LogP contribution in [0.5, 0.6) is 5.75 Å². The number of phenolic OH excluding ortho intramolecular Hbond substituents is 1. The lowest BCUT2D eigenvalue weighted by molar-refractivity contribution is -0.138. The van der Waals surface area contributed by atoms with Crippen LogP contribution in [-0.4, -0.2) is 88.9 Å². The summed E-state index contributed by atoms with van der Waals surface area (Å²) in [6.07, 6.45) is 0.572. The minimum atomic E-state index is -1.27. The van der Waals surface area contributed by atoms with Gasteiger partial charge in [0, 0.05) is 19.9 Å². The maximum Gasteiger partial charge on any atom is 0.322 e. The smallest absolute Gasteiger partial charge is 0.322 e. The van der Waals surface area contributed by atoms with Gasteiger partial charge in [-0.15, -0.1) is 0 Å². The Hall–Kier alpha value is -4.89. The Balaban J connectivity index is 3.24. The zero-order valence-corrected chi connectivity index (χ0v) is 25.4. The molecule has 4 atom stereocenters. The highest BCUT2D eigenvalue weighted by molar-refractivity contribution is 5.95. The van der Waals surface area contributed by atoms with Crippen molar-refractivity contribution in [2.24, 2.45) is 22.4 Å². The molecular formula is C28H44N8O8. The molecule has 0 fully saturated rings. The van der Waals surface area contributed by atoms with E-state index in [1.807, 2.05) is 13.8 Å². The number of aliphatic carboxylic acids is 1. The number of hydrogen-bond donors (Lipinski definition) is 9. The molecule has 244 valence electrons. The standard InChI is InChI=1S/C28H44N8O8/c1-15(2)12-21(34-17(4)37)26(43)36-22(13-18-7-9-19(38)10-8-18)27(44)35-20(6-5-11-31-28(29)30)25(42)33-16(3)24(41)32-14-23(39)40/h7-10,15-16,20-22,38H,5-6,11-14H2,1-4H3,(H,32,41)(H,33,42)(H,34,37)(H,35,44)(H,36,43)(H,39,40)(H4,29,30,31)/t16-,20-,21-,22-/m0/s1. The fourth-order valence-corrected chi connectivity index (χ4v) is 4.04. The van der Waals surface area contributed by atoms with Gasteiger partial charge >= 0.3 is 5.97 Å². The Morgan fingerprint density at radius 2 is 1.39 bits per heavy atom. The Kier molecular flexibility index (Phi) is 15.7. The second-order valence-electron chi connectivity index (χ2n) is 10.7. The van der Waals surface area contributed by atoms with Crippen molar-refractivity contribution in [1.82, 2.24) is 26.6 Å². The van der Waals surface area contributed by atoms with E-state index in [-0.39, 0.29) is 43.4 Å². The first kappa shape index (κ1) is 37.1. The third kappa shape index (κ3) is 14.8. The van der Waals surface area contributed by atoms with Gasteiger partial charge in [0.2, 0.25) is 29.5 Å². The number of carbonyl (C=O) groups excluding carboxylic acids is 5. The van der Waals surface area contributed by atoms with Crippen LogP contribution in [0.1, 0.15) is 52.5 Å². The molecule has 1 aromatic rings. The number of nitrogens with one attached hydrogen (secondary N) is 5. The van der Waals surface area contributed by atoms with Gasteiger partial charge in [0.25, 0.3) is 0 Å². The number of benzene rings is 1. The minimum absolute atomic E-state index is 0.000430. The summed E-state index contributed by atoms with van der Waals surface area (Å²) in [5.41, 5.74) is 11.3. The Labute approximate surface area is 255 Å². The molecule has 0 unspecified atom stereocenters. The Morgan fingerprint density at radius 3 is 1.93 bits per heavy atom. The van der Waals surface area contributed by atoms with Gasteiger partial charge in [-0.1, -0.05) is 26.0 Å². The fraction of sp³-hybridized carbons (Fsp3) is 0.536. The van der Waals surface area contributed by atoms with Crippen LogP contribution in [0.2, 0.25) is 0 Å². The molecule has 5 amide bonds. The lowest BCUT2D eigenvalue weighted by Gasteiger charge is -2.26. The van der Waals surface area contributed by atoms with Crippen molar-refractivity contribution in [3.8, 4) is 5.75 Å². The van der Waals surface area contributed by atoms with Crippen LogP contribution in [0, 0.1) is 5.92 Å². The monoisotopic (exact) mass is 620 g/mol. The van der Waals surface area contributed by atoms with Gasteiger partial charge in [-0.05, 0) is 49.8 Å². The number of nitrogens with zero attached hydrogens (tertiary/aromatic N) is 1. The molecule has 0 aliphatic rings. The molecule has 0 aliphatic heterocycles. The van der Waals surface area contributed by atoms with Gasteiger partial charge in [-0.25, -0.2) is 0 Å². The normalized spacial score (nSPS) is 13.4. The number of carboxylic acids is 1. The Bertz CT molecular complexity index is 1180. The SMILES string of the molecule is CC(=O)N[C@@H](CC(C)C)C(=O)N[C@@H](Cc1ccc(O)cc1)C(=O)N[C@@H](CCCN=C(N)N)C(=O)N[C@@H](C)C(=O)NCC(=O)O. The topological polar surface area (TPSA) is 267 Å². The van der Waals surface area contributed by atoms with Crippen molar-refractivity contribution in [2.75, 3.05) is 13.1 Å². The van der Waals surface area contributed by atoms with E-state index in [9.17, 15) is 33.9 Å². The van der Waals surface area contributed by atoms with E-state index >= 15 is 0 Å². The molecule has 0 spiro atoms. The summed E-state index contributed by atoms with van der Waals surface area (Å²) >= 11 is 0. The number of hydrogen-bond acceptors (Lipinski definition) is 8. The number of guanidine groups is 1. The molecule has 0 radical (unpaired) electrons. The average molecular weight is 621 g/mol. The highest BCUT2D eigenvalue weighted by atomic mass is 16.4. The first-order valence-electron chi connectivity index (χ1n) is 14.1. The fourth-order valence-electron chi connectivity index (χ4n) is 4.04. The van der Waals surface area contributed by atoms with Crippen LogP contribution >= 0.6 is 0 Å². The highest BCUT2D eigenvalue weighted by Gasteiger charge is 2.31. The maximum absolute atomic E-state index is 13.6. The van der Waals surface area contributed by atoms with Gasteiger partial charge in [-0.3, -0.25) is 33.8 Å². The largest absolute Gasteiger partial charge is 0.508 e. The van der Waals surface area contributed by atoms with Gasteiger partial charge in [0.1, 0.15) is 36.5 Å². The summed E-state index contributed by atoms with van der Waals surface area (Å²) < 4.78 is 0. The average Bonchev–Trinajstić information content (AvgIpc) is 2.92. The van der Waals surface area contributed by atoms with Crippen LogP contribution < -0.4 is 38.1 Å². The van der Waals surface area contributed by atoms with E-state index in [1.54, 1.807) is 12.1 Å². The molecule has 0 heterocycles. The summed E-state index contributed by atoms with van der Waals surface area (Å²) in [7, 11) is 0. The van der Waals surface area contributed by atoms with Gasteiger partial charge in [0.15, 0.2) is 5.96 Å². The van der Waals surface area contributed by atoms with Crippen molar-refractivity contribution < 1.29 is 39.0 Å². The number of rotatable bonds is 18. The van der Waals surface area contributed by atoms with Crippen LogP contribution in [0.3, 0.4) is 0 Å². The number of carboxylic acid groups (broad SMARTS) is 1. The second-order valence-corrected chi connectivity index (χ2v) is 10.7. The molecule has 16 heteroatoms. The zero-order chi connectivity index (χ0) is 33.4. The quantitative estimate of drug-likeness (QED) is 0.0505. The van der Waals surface area contributed by atoms with Crippen LogP contribution in [0.25, 0.3) is 0 Å². The van der Waals surface area contributed by atoms with Crippen LogP contribution in [0.15, 0.2) is 29.3 Å². The first-order chi connectivity index (χ1) is 20.6. The third-order valence-corrected chi connectivity index (χ3v) is 6.15. The third-order valence-electron chi connectivity index (χ3n) is 6.15. The van der Waals surface area contributed by atoms with E-state index in [4.69, 9.17) is 16.6 Å². The molecule has 1 aromatic carbocycles. The van der Waals surface area contributed by atoms with Crippen molar-refractivity contribution in [3.63, 3.8) is 0 Å². The molecule has 16 nitrogen and oxygen atoms in total. The number of amides is 5. The van der Waals surface area contributed by atoms with Crippen molar-refractivity contribution >= 4 is 41.5 Å². The summed E-state index contributed by atoms with van der Waals surface area (Å²) in [6.45, 7) is 5.85. The molecule has 0 bridgehead atoms. The minimum Gasteiger partial charge on any atom is -0.508 e. The summed E-state index contributed by atoms with van der Waals surface area (Å²) in [6, 6.07) is 1.50. The number of aromatic hydroxyl groups is 1. The van der Waals surface area contributed by atoms with E-state index in [0.717, 1.165) is 0 Å². The van der Waals surface area contributed by atoms with Gasteiger partial charge in [0.05, 0.1) is 0 Å². The summed E-state index contributed by atoms with van der Waals surface area (Å²) in [5.74, 6) is -4.65. The van der Waals surface area contributed by atoms with E-state index in [0.29, 0.717) is 12.0 Å². The molecule has 11 N–H and O–H groups in total. The lowest BCUT2D eigenvalue weighted by atomic mass is 10.0. The molecule has 0 saturated heterocycles. The number of phenols is 1. The van der Waals surface area contributed by atoms with E-state index < -0.39 is 66.2 Å². The molecule has 1 rings (SSSR count). The van der Waals surface area contributed by atoms with Crippen molar-refractivity contribution in [3.05, 3.63) is 29.8 Å². The molecule has 0 aromatic heterocycles. The van der Waals surface area contributed by atoms with Gasteiger partial charge in [-0.2, -0.15) is 0 Å². The first-order valence-corrected chi connectivity index (χ1v) is 14.1. The Morgan fingerprint density at radius 1 is 0.818 bits per heavy atom. The second kappa shape index (κ2) is 18.6. The maximum atomic E-state index is 13.6. The zero-order valence-electron chi connectivity index (χ0n) is 25.4. The summed E-state index contributed by atoms with van der Waals surface area (Å²) in [5, 5.41) is 30.9. The van der Waals surface area contributed by atoms with Crippen molar-refractivity contribution in [2.45, 2.75) is 77.5 Å². The number of nitrogens with two attached hydrogens (primary N) is 2. The van der Waals surface area contributed by atoms with Crippen LogP contribution in [-0.2, 0) is 35.2 Å². The molecule has 0 aliphatic carbocycles. The van der Waals surface area contributed by atoms with Crippen LogP contribution in [0.4, 0.5) is 0 Å². The molecular weight excluding hydrogens is 576 g/mol. The van der Waals surface area contributed by atoms with E-state index in [2.05, 4.69) is 31.6 Å². The predicted octanol–water partition coefficient (Wildman–Crippen LogP) is -1.79. The summed E-state index contributed by atoms with van der Waals surface area (Å²) in [4.78, 5) is 78.7. The van der Waals surface area contributed by atoms with Crippen molar-refractivity contribution in [1.29, 1.82) is 0 Å². The number of aliphatic imine (C=N–C) groups is 1. The predicted molar refractivity (Wildman–Crippen MR) is 161 cm³/mol. The van der Waals surface area contributed by atoms with E-state index in [1.165, 1.54) is 26.0 Å². The lowest BCUT2D eigenvalue weighted by Crippen LogP contribution is -2.58.